The van der Waals surface area contributed by atoms with Crippen LogP contribution in [-0.2, 0) is 37.9 Å². The van der Waals surface area contributed by atoms with Crippen LogP contribution in [0.1, 0.15) is 64.2 Å². The van der Waals surface area contributed by atoms with Crippen LogP contribution in [0.4, 0.5) is 0 Å². The fraction of sp³-hybridized carbons (Fsp3) is 0.939. The van der Waals surface area contributed by atoms with Crippen molar-refractivity contribution < 1.29 is 48.1 Å². The van der Waals surface area contributed by atoms with E-state index < -0.39 is 0 Å². The lowest BCUT2D eigenvalue weighted by Crippen LogP contribution is -2.08. The zero-order chi connectivity index (χ0) is 35.0. The molecule has 0 spiro atoms. The van der Waals surface area contributed by atoms with Crippen LogP contribution >= 0.6 is 0 Å². The van der Waals surface area contributed by atoms with Crippen molar-refractivity contribution in [1.29, 1.82) is 5.26 Å². The van der Waals surface area contributed by atoms with Crippen LogP contribution < -0.4 is 11.5 Å². The third-order valence-electron chi connectivity index (χ3n) is 5.47. The van der Waals surface area contributed by atoms with E-state index in [1.54, 1.807) is 0 Å². The lowest BCUT2D eigenvalue weighted by molar-refractivity contribution is 0.0558. The van der Waals surface area contributed by atoms with E-state index in [1.165, 1.54) is 0 Å². The Morgan fingerprint density at radius 2 is 0.723 bits per heavy atom. The molecule has 0 amide bonds. The van der Waals surface area contributed by atoms with Crippen LogP contribution in [-0.4, -0.2) is 149 Å². The number of ether oxygens (including phenoxy) is 8. The predicted octanol–water partition coefficient (Wildman–Crippen LogP) is 2.34. The van der Waals surface area contributed by atoms with Gasteiger partial charge < -0.3 is 64.4 Å². The number of nitrogens with two attached hydrogens (primary N) is 2. The van der Waals surface area contributed by atoms with Gasteiger partial charge in [0.05, 0.1) is 19.1 Å². The molecule has 0 aliphatic rings. The molecular weight excluding hydrogens is 612 g/mol. The zero-order valence-corrected chi connectivity index (χ0v) is 29.1. The first-order valence-electron chi connectivity index (χ1n) is 17.2. The van der Waals surface area contributed by atoms with Crippen LogP contribution in [0.2, 0.25) is 0 Å². The van der Waals surface area contributed by atoms with Crippen molar-refractivity contribution >= 4 is 0 Å². The first-order valence-corrected chi connectivity index (χ1v) is 17.2. The van der Waals surface area contributed by atoms with Crippen molar-refractivity contribution in [3.8, 4) is 6.07 Å². The first-order chi connectivity index (χ1) is 23.2. The quantitative estimate of drug-likeness (QED) is 0.0557. The number of rotatable bonds is 36. The second-order valence-electron chi connectivity index (χ2n) is 9.90. The van der Waals surface area contributed by atoms with Gasteiger partial charge in [-0.05, 0) is 70.9 Å². The molecule has 0 saturated carbocycles. The average molecular weight is 681 g/mol. The Bertz CT molecular complexity index is 543. The number of nitriles is 1. The zero-order valence-electron chi connectivity index (χ0n) is 29.1. The van der Waals surface area contributed by atoms with E-state index in [-0.39, 0.29) is 13.2 Å². The van der Waals surface area contributed by atoms with Crippen molar-refractivity contribution in [3.63, 3.8) is 0 Å². The molecule has 6 N–H and O–H groups in total. The van der Waals surface area contributed by atoms with Crippen LogP contribution in [0.15, 0.2) is 0 Å². The molecule has 0 aromatic carbocycles. The highest BCUT2D eigenvalue weighted by Gasteiger charge is 1.95. The van der Waals surface area contributed by atoms with Gasteiger partial charge in [0.2, 0.25) is 6.54 Å². The molecule has 14 heteroatoms. The fourth-order valence-electron chi connectivity index (χ4n) is 3.06. The Morgan fingerprint density at radius 3 is 1.00 bits per heavy atom. The summed E-state index contributed by atoms with van der Waals surface area (Å²) in [6.45, 7) is 19.5. The second kappa shape index (κ2) is 54.0. The van der Waals surface area contributed by atoms with Crippen LogP contribution in [0.25, 0.3) is 4.85 Å². The number of aliphatic hydroxyl groups is 2. The van der Waals surface area contributed by atoms with E-state index >= 15 is 0 Å². The highest BCUT2D eigenvalue weighted by Crippen LogP contribution is 1.92. The molecule has 0 aliphatic carbocycles. The summed E-state index contributed by atoms with van der Waals surface area (Å²) in [6.07, 6.45) is 8.15. The average Bonchev–Trinajstić information content (AvgIpc) is 3.09. The van der Waals surface area contributed by atoms with Gasteiger partial charge in [-0.3, -0.25) is 0 Å². The Hall–Kier alpha value is -1.50. The minimum Gasteiger partial charge on any atom is -0.396 e. The monoisotopic (exact) mass is 680 g/mol. The van der Waals surface area contributed by atoms with Crippen molar-refractivity contribution in [2.45, 2.75) is 64.2 Å². The Morgan fingerprint density at radius 1 is 0.447 bits per heavy atom. The summed E-state index contributed by atoms with van der Waals surface area (Å²) < 4.78 is 42.3. The van der Waals surface area contributed by atoms with E-state index in [1.807, 2.05) is 6.07 Å². The molecule has 14 nitrogen and oxygen atoms in total. The van der Waals surface area contributed by atoms with Crippen molar-refractivity contribution in [2.24, 2.45) is 11.5 Å². The Labute approximate surface area is 285 Å². The highest BCUT2D eigenvalue weighted by atomic mass is 16.5. The first kappa shape index (κ1) is 49.9. The minimum atomic E-state index is 0.188. The molecule has 0 aromatic rings. The third-order valence-corrected chi connectivity index (χ3v) is 5.47. The van der Waals surface area contributed by atoms with Gasteiger partial charge in [-0.15, -0.1) is 0 Å². The summed E-state index contributed by atoms with van der Waals surface area (Å²) >= 11 is 0. The van der Waals surface area contributed by atoms with Gasteiger partial charge in [-0.1, -0.05) is 0 Å². The molecule has 0 aromatic heterocycles. The van der Waals surface area contributed by atoms with Gasteiger partial charge in [-0.2, -0.15) is 5.26 Å². The number of nitrogens with zero attached hydrogens (tertiary/aromatic N) is 2. The molecule has 280 valence electrons. The Balaban J connectivity index is -0.000000649. The molecule has 0 fully saturated rings. The standard InChI is InChI=1S/C15H26N2O4.C9H22N2O2.C9H20O4/c1-17-7-15-21-14-5-13-20-12-4-11-19-10-3-9-18-8-2-6-16;2*10-4-1-6-12-8-3-9-13-7-2-5-11/h2-5,7-15H2;1-11H2;10-11H,1-9H2. The van der Waals surface area contributed by atoms with Gasteiger partial charge >= 0.3 is 0 Å². The maximum absolute atomic E-state index is 8.44. The number of aliphatic hydroxyl groups excluding tert-OH is 2. The van der Waals surface area contributed by atoms with E-state index in [2.05, 4.69) is 4.85 Å². The van der Waals surface area contributed by atoms with E-state index in [0.29, 0.717) is 118 Å². The van der Waals surface area contributed by atoms with Crippen molar-refractivity contribution in [2.75, 3.05) is 139 Å². The summed E-state index contributed by atoms with van der Waals surface area (Å²) in [5.41, 5.74) is 10.6. The molecule has 0 heterocycles. The van der Waals surface area contributed by atoms with Gasteiger partial charge in [0, 0.05) is 106 Å². The van der Waals surface area contributed by atoms with Gasteiger partial charge in [0.15, 0.2) is 0 Å². The summed E-state index contributed by atoms with van der Waals surface area (Å²) in [7, 11) is 0. The molecule has 0 radical (unpaired) electrons. The molecule has 0 bridgehead atoms. The summed E-state index contributed by atoms with van der Waals surface area (Å²) in [5, 5.41) is 25.2. The molecular formula is C33H68N4O10. The maximum atomic E-state index is 8.44. The van der Waals surface area contributed by atoms with Crippen molar-refractivity contribution in [1.82, 2.24) is 0 Å². The van der Waals surface area contributed by atoms with Gasteiger partial charge in [0.1, 0.15) is 6.61 Å². The second-order valence-corrected chi connectivity index (χ2v) is 9.90. The summed E-state index contributed by atoms with van der Waals surface area (Å²) in [6, 6.07) is 2.03. The Kier molecular flexibility index (Phi) is 57.3. The molecule has 0 aliphatic heterocycles. The van der Waals surface area contributed by atoms with Gasteiger partial charge in [-0.25, -0.2) is 6.57 Å². The third kappa shape index (κ3) is 60.3. The van der Waals surface area contributed by atoms with Crippen LogP contribution in [0.5, 0.6) is 0 Å². The normalized spacial score (nSPS) is 10.4. The molecule has 0 unspecified atom stereocenters. The maximum Gasteiger partial charge on any atom is 0.237 e. The topological polar surface area (TPSA) is 194 Å². The lowest BCUT2D eigenvalue weighted by atomic mass is 10.4. The highest BCUT2D eigenvalue weighted by molar-refractivity contribution is 4.67. The minimum absolute atomic E-state index is 0.188. The molecule has 0 atom stereocenters. The lowest BCUT2D eigenvalue weighted by Gasteiger charge is -2.06. The molecule has 0 saturated heterocycles. The van der Waals surface area contributed by atoms with Crippen LogP contribution in [0, 0.1) is 17.9 Å². The van der Waals surface area contributed by atoms with E-state index in [0.717, 1.165) is 71.4 Å². The summed E-state index contributed by atoms with van der Waals surface area (Å²) in [4.78, 5) is 3.20. The predicted molar refractivity (Wildman–Crippen MR) is 182 cm³/mol. The molecule has 47 heavy (non-hydrogen) atoms. The van der Waals surface area contributed by atoms with Gasteiger partial charge in [0.25, 0.3) is 0 Å². The molecule has 0 rings (SSSR count). The van der Waals surface area contributed by atoms with E-state index in [4.69, 9.17) is 71.4 Å². The SMILES string of the molecule is NCCCOCCCOCCCN.OCCCOCCCOCCCO.[C-]#[N+]CCOCCCOCCCOCCCOCCC#N. The summed E-state index contributed by atoms with van der Waals surface area (Å²) in [5.74, 6) is 0. The number of hydrogen-bond acceptors (Lipinski definition) is 13. The van der Waals surface area contributed by atoms with E-state index in [9.17, 15) is 0 Å². The van der Waals surface area contributed by atoms with Crippen LogP contribution in [0.3, 0.4) is 0 Å². The smallest absolute Gasteiger partial charge is 0.237 e. The fourth-order valence-corrected chi connectivity index (χ4v) is 3.06. The number of hydrogen-bond donors (Lipinski definition) is 4. The largest absolute Gasteiger partial charge is 0.396 e. The van der Waals surface area contributed by atoms with Crippen molar-refractivity contribution in [3.05, 3.63) is 11.4 Å².